The van der Waals surface area contributed by atoms with Crippen molar-refractivity contribution in [3.63, 3.8) is 0 Å². The minimum absolute atomic E-state index is 0.00957. The second kappa shape index (κ2) is 7.62. The van der Waals surface area contributed by atoms with Gasteiger partial charge in [-0.15, -0.1) is 0 Å². The molecule has 2 aromatic rings. The second-order valence-corrected chi connectivity index (χ2v) is 7.24. The summed E-state index contributed by atoms with van der Waals surface area (Å²) in [5.74, 6) is -1.43. The molecule has 2 fully saturated rings. The van der Waals surface area contributed by atoms with Crippen molar-refractivity contribution >= 4 is 22.8 Å². The predicted molar refractivity (Wildman–Crippen MR) is 101 cm³/mol. The smallest absolute Gasteiger partial charge is 0.248 e. The highest BCUT2D eigenvalue weighted by Gasteiger charge is 2.43. The number of nitrogens with zero attached hydrogens (tertiary/aromatic N) is 3. The molecule has 0 spiro atoms. The number of anilines is 1. The summed E-state index contributed by atoms with van der Waals surface area (Å²) >= 11 is 0. The van der Waals surface area contributed by atoms with Gasteiger partial charge in [-0.25, -0.2) is 18.7 Å². The highest BCUT2D eigenvalue weighted by atomic mass is 19.3. The molecule has 8 heteroatoms. The maximum Gasteiger partial charge on any atom is 0.248 e. The Hall–Kier alpha value is -2.51. The van der Waals surface area contributed by atoms with Crippen LogP contribution in [0.2, 0.25) is 0 Å². The van der Waals surface area contributed by atoms with Gasteiger partial charge in [-0.1, -0.05) is 6.58 Å². The van der Waals surface area contributed by atoms with Gasteiger partial charge in [0.05, 0.1) is 5.39 Å². The number of nitrogens with one attached hydrogen (secondary N) is 2. The molecule has 6 nitrogen and oxygen atoms in total. The molecule has 2 atom stereocenters. The quantitative estimate of drug-likeness (QED) is 0.801. The van der Waals surface area contributed by atoms with Crippen LogP contribution in [0.4, 0.5) is 14.6 Å². The van der Waals surface area contributed by atoms with E-state index < -0.39 is 5.92 Å². The van der Waals surface area contributed by atoms with Crippen LogP contribution in [-0.2, 0) is 4.79 Å². The van der Waals surface area contributed by atoms with Gasteiger partial charge in [-0.05, 0) is 38.3 Å². The van der Waals surface area contributed by atoms with Crippen LogP contribution in [0.15, 0.2) is 25.2 Å². The van der Waals surface area contributed by atoms with E-state index in [0.29, 0.717) is 6.54 Å². The van der Waals surface area contributed by atoms with Crippen molar-refractivity contribution in [2.75, 3.05) is 11.9 Å². The van der Waals surface area contributed by atoms with Crippen LogP contribution >= 0.6 is 0 Å². The summed E-state index contributed by atoms with van der Waals surface area (Å²) in [5.41, 5.74) is 1.94. The average Bonchev–Trinajstić information content (AvgIpc) is 3.21. The van der Waals surface area contributed by atoms with Crippen LogP contribution in [0.25, 0.3) is 11.0 Å². The summed E-state index contributed by atoms with van der Waals surface area (Å²) in [4.78, 5) is 25.6. The Bertz CT molecular complexity index is 829. The third-order valence-electron chi connectivity index (χ3n) is 4.98. The maximum absolute atomic E-state index is 11.9. The Morgan fingerprint density at radius 2 is 2.11 bits per heavy atom. The van der Waals surface area contributed by atoms with Gasteiger partial charge in [0.1, 0.15) is 17.8 Å². The third-order valence-corrected chi connectivity index (χ3v) is 4.98. The molecule has 2 aliphatic rings. The number of amides is 1. The lowest BCUT2D eigenvalue weighted by molar-refractivity contribution is -0.129. The number of hydrogen-bond donors (Lipinski definition) is 2. The Kier molecular flexibility index (Phi) is 5.43. The number of hydrogen-bond acceptors (Lipinski definition) is 4. The number of alkyl halides is 2. The van der Waals surface area contributed by atoms with Gasteiger partial charge in [0.15, 0.2) is 0 Å². The van der Waals surface area contributed by atoms with Crippen molar-refractivity contribution in [1.29, 1.82) is 0 Å². The van der Waals surface area contributed by atoms with Crippen molar-refractivity contribution in [3.05, 3.63) is 30.7 Å². The number of fused-ring (bicyclic) bond motifs is 1. The first-order chi connectivity index (χ1) is 12.8. The van der Waals surface area contributed by atoms with E-state index in [-0.39, 0.29) is 30.8 Å². The SMILES string of the molecule is C=CC(=O)N1CC(Nc2ncnc3[nH]cc(C)c23)CCC1C.FC1(F)CC1. The Morgan fingerprint density at radius 3 is 2.74 bits per heavy atom. The van der Waals surface area contributed by atoms with E-state index in [1.165, 1.54) is 6.08 Å². The molecule has 2 N–H and O–H groups in total. The van der Waals surface area contributed by atoms with Crippen molar-refractivity contribution in [2.24, 2.45) is 0 Å². The topological polar surface area (TPSA) is 73.9 Å². The molecular formula is C19H25F2N5O. The summed E-state index contributed by atoms with van der Waals surface area (Å²) in [7, 11) is 0. The summed E-state index contributed by atoms with van der Waals surface area (Å²) in [6.45, 7) is 8.37. The van der Waals surface area contributed by atoms with Gasteiger partial charge in [0.2, 0.25) is 11.8 Å². The molecular weight excluding hydrogens is 352 g/mol. The average molecular weight is 377 g/mol. The van der Waals surface area contributed by atoms with Crippen molar-refractivity contribution in [2.45, 2.75) is 57.5 Å². The van der Waals surface area contributed by atoms with Crippen LogP contribution in [-0.4, -0.2) is 50.3 Å². The summed E-state index contributed by atoms with van der Waals surface area (Å²) in [6.07, 6.45) is 7.09. The largest absolute Gasteiger partial charge is 0.365 e. The molecule has 1 saturated heterocycles. The lowest BCUT2D eigenvalue weighted by Crippen LogP contribution is -2.49. The van der Waals surface area contributed by atoms with Gasteiger partial charge in [-0.2, -0.15) is 0 Å². The van der Waals surface area contributed by atoms with E-state index in [4.69, 9.17) is 0 Å². The molecule has 3 heterocycles. The number of piperidine rings is 1. The maximum atomic E-state index is 11.9. The van der Waals surface area contributed by atoms with E-state index in [0.717, 1.165) is 35.3 Å². The Morgan fingerprint density at radius 1 is 1.41 bits per heavy atom. The first kappa shape index (κ1) is 19.3. The lowest BCUT2D eigenvalue weighted by atomic mass is 9.99. The van der Waals surface area contributed by atoms with Crippen molar-refractivity contribution < 1.29 is 13.6 Å². The zero-order chi connectivity index (χ0) is 19.6. The highest BCUT2D eigenvalue weighted by Crippen LogP contribution is 2.40. The fourth-order valence-corrected chi connectivity index (χ4v) is 3.16. The molecule has 1 aliphatic carbocycles. The molecule has 1 amide bonds. The number of carbonyl (C=O) groups excluding carboxylic acids is 1. The molecule has 0 radical (unpaired) electrons. The first-order valence-corrected chi connectivity index (χ1v) is 9.17. The standard InChI is InChI=1S/C16H21N5O.C3H4F2/c1-4-13(22)21-8-12(6-5-11(21)3)20-16-14-10(2)7-17-15(14)18-9-19-16;4-3(5)1-2-3/h4,7,9,11-12H,1,5-6,8H2,2-3H3,(H2,17,18,19,20);1-2H2. The first-order valence-electron chi connectivity index (χ1n) is 9.17. The Labute approximate surface area is 157 Å². The van der Waals surface area contributed by atoms with E-state index in [1.807, 2.05) is 18.0 Å². The number of rotatable bonds is 3. The van der Waals surface area contributed by atoms with E-state index in [2.05, 4.69) is 33.8 Å². The van der Waals surface area contributed by atoms with E-state index in [1.54, 1.807) is 6.33 Å². The minimum atomic E-state index is -2.25. The minimum Gasteiger partial charge on any atom is -0.365 e. The molecule has 0 bridgehead atoms. The van der Waals surface area contributed by atoms with E-state index in [9.17, 15) is 13.6 Å². The third kappa shape index (κ3) is 4.61. The predicted octanol–water partition coefficient (Wildman–Crippen LogP) is 3.66. The molecule has 2 aromatic heterocycles. The number of likely N-dealkylation sites (tertiary alicyclic amines) is 1. The van der Waals surface area contributed by atoms with E-state index >= 15 is 0 Å². The van der Waals surface area contributed by atoms with Gasteiger partial charge in [-0.3, -0.25) is 4.79 Å². The van der Waals surface area contributed by atoms with Crippen molar-refractivity contribution in [1.82, 2.24) is 19.9 Å². The van der Waals surface area contributed by atoms with Gasteiger partial charge in [0, 0.05) is 37.7 Å². The molecule has 1 saturated carbocycles. The van der Waals surface area contributed by atoms with Crippen LogP contribution in [0.1, 0.15) is 38.2 Å². The molecule has 1 aliphatic heterocycles. The van der Waals surface area contributed by atoms with Gasteiger partial charge >= 0.3 is 0 Å². The fourth-order valence-electron chi connectivity index (χ4n) is 3.16. The number of halogens is 2. The second-order valence-electron chi connectivity index (χ2n) is 7.24. The number of carbonyl (C=O) groups is 1. The molecule has 2 unspecified atom stereocenters. The van der Waals surface area contributed by atoms with Crippen LogP contribution in [0.5, 0.6) is 0 Å². The number of aromatic amines is 1. The molecule has 146 valence electrons. The zero-order valence-corrected chi connectivity index (χ0v) is 15.6. The molecule has 0 aromatic carbocycles. The molecule has 4 rings (SSSR count). The molecule has 27 heavy (non-hydrogen) atoms. The fraction of sp³-hybridized carbons (Fsp3) is 0.526. The number of aryl methyl sites for hydroxylation is 1. The van der Waals surface area contributed by atoms with Crippen molar-refractivity contribution in [3.8, 4) is 0 Å². The number of H-pyrrole nitrogens is 1. The Balaban J connectivity index is 0.000000364. The zero-order valence-electron chi connectivity index (χ0n) is 15.6. The van der Waals surface area contributed by atoms with Crippen LogP contribution < -0.4 is 5.32 Å². The normalized spacial score (nSPS) is 23.3. The summed E-state index contributed by atoms with van der Waals surface area (Å²) in [6, 6.07) is 0.440. The highest BCUT2D eigenvalue weighted by molar-refractivity contribution is 5.90. The van der Waals surface area contributed by atoms with Gasteiger partial charge in [0.25, 0.3) is 0 Å². The summed E-state index contributed by atoms with van der Waals surface area (Å²) < 4.78 is 22.3. The van der Waals surface area contributed by atoms with Crippen LogP contribution in [0, 0.1) is 6.92 Å². The summed E-state index contributed by atoms with van der Waals surface area (Å²) in [5, 5.41) is 4.50. The number of aromatic nitrogens is 3. The lowest BCUT2D eigenvalue weighted by Gasteiger charge is -2.38. The monoisotopic (exact) mass is 377 g/mol. The van der Waals surface area contributed by atoms with Crippen LogP contribution in [0.3, 0.4) is 0 Å². The van der Waals surface area contributed by atoms with Gasteiger partial charge < -0.3 is 15.2 Å².